The van der Waals surface area contributed by atoms with Crippen molar-refractivity contribution in [1.82, 2.24) is 19.7 Å². The molecule has 1 aromatic heterocycles. The highest BCUT2D eigenvalue weighted by Gasteiger charge is 2.42. The molecule has 1 fully saturated rings. The van der Waals surface area contributed by atoms with Crippen LogP contribution in [0.4, 0.5) is 0 Å². The van der Waals surface area contributed by atoms with Gasteiger partial charge < -0.3 is 10.4 Å². The third-order valence-corrected chi connectivity index (χ3v) is 4.53. The standard InChI is InChI=1S/C14H22N4O3/c19-10-14(5-6-14)9-15-12(20)8-18-13(21)17-7-3-1-2-4-11(17)16-18/h19H,1-10H2,(H,15,20). The minimum Gasteiger partial charge on any atom is -0.396 e. The zero-order valence-corrected chi connectivity index (χ0v) is 12.2. The summed E-state index contributed by atoms with van der Waals surface area (Å²) < 4.78 is 2.95. The minimum atomic E-state index is -0.218. The molecule has 0 atom stereocenters. The fourth-order valence-corrected chi connectivity index (χ4v) is 2.77. The maximum atomic E-state index is 12.2. The molecule has 2 heterocycles. The molecule has 0 radical (unpaired) electrons. The number of hydrogen-bond donors (Lipinski definition) is 2. The third kappa shape index (κ3) is 3.02. The van der Waals surface area contributed by atoms with E-state index < -0.39 is 0 Å². The van der Waals surface area contributed by atoms with Gasteiger partial charge in [0.25, 0.3) is 0 Å². The van der Waals surface area contributed by atoms with Gasteiger partial charge in [0.2, 0.25) is 5.91 Å². The van der Waals surface area contributed by atoms with Gasteiger partial charge in [-0.25, -0.2) is 9.48 Å². The lowest BCUT2D eigenvalue weighted by Gasteiger charge is -2.12. The predicted molar refractivity (Wildman–Crippen MR) is 75.8 cm³/mol. The number of nitrogens with one attached hydrogen (secondary N) is 1. The van der Waals surface area contributed by atoms with Crippen LogP contribution >= 0.6 is 0 Å². The van der Waals surface area contributed by atoms with Crippen molar-refractivity contribution in [2.24, 2.45) is 5.41 Å². The van der Waals surface area contributed by atoms with Gasteiger partial charge in [0.05, 0.1) is 6.61 Å². The summed E-state index contributed by atoms with van der Waals surface area (Å²) in [6.45, 7) is 1.24. The van der Waals surface area contributed by atoms with Gasteiger partial charge in [0.15, 0.2) is 0 Å². The second-order valence-electron chi connectivity index (χ2n) is 6.25. The van der Waals surface area contributed by atoms with Crippen molar-refractivity contribution < 1.29 is 9.90 Å². The molecule has 0 bridgehead atoms. The number of fused-ring (bicyclic) bond motifs is 1. The van der Waals surface area contributed by atoms with Crippen molar-refractivity contribution in [3.8, 4) is 0 Å². The summed E-state index contributed by atoms with van der Waals surface area (Å²) in [5.41, 5.74) is -0.309. The summed E-state index contributed by atoms with van der Waals surface area (Å²) in [6.07, 6.45) is 5.85. The minimum absolute atomic E-state index is 0.0413. The van der Waals surface area contributed by atoms with Gasteiger partial charge in [-0.1, -0.05) is 6.42 Å². The van der Waals surface area contributed by atoms with Crippen LogP contribution < -0.4 is 11.0 Å². The number of amides is 1. The van der Waals surface area contributed by atoms with E-state index in [1.54, 1.807) is 4.57 Å². The zero-order chi connectivity index (χ0) is 14.9. The summed E-state index contributed by atoms with van der Waals surface area (Å²) in [5.74, 6) is 0.574. The van der Waals surface area contributed by atoms with Gasteiger partial charge in [-0.15, -0.1) is 0 Å². The number of carbonyl (C=O) groups excluding carboxylic acids is 1. The number of aryl methyl sites for hydroxylation is 1. The Morgan fingerprint density at radius 1 is 1.33 bits per heavy atom. The molecular formula is C14H22N4O3. The van der Waals surface area contributed by atoms with Gasteiger partial charge in [-0.3, -0.25) is 9.36 Å². The van der Waals surface area contributed by atoms with E-state index in [4.69, 9.17) is 0 Å². The van der Waals surface area contributed by atoms with Crippen molar-refractivity contribution in [2.45, 2.75) is 51.6 Å². The highest BCUT2D eigenvalue weighted by atomic mass is 16.3. The Morgan fingerprint density at radius 3 is 2.86 bits per heavy atom. The van der Waals surface area contributed by atoms with Crippen LogP contribution in [0.15, 0.2) is 4.79 Å². The lowest BCUT2D eigenvalue weighted by molar-refractivity contribution is -0.122. The normalized spacial score (nSPS) is 19.7. The smallest absolute Gasteiger partial charge is 0.346 e. The molecule has 2 aliphatic rings. The van der Waals surface area contributed by atoms with Crippen LogP contribution in [0.25, 0.3) is 0 Å². The zero-order valence-electron chi connectivity index (χ0n) is 12.2. The van der Waals surface area contributed by atoms with E-state index in [1.807, 2.05) is 0 Å². The maximum Gasteiger partial charge on any atom is 0.346 e. The molecule has 0 aromatic carbocycles. The molecule has 0 saturated heterocycles. The average molecular weight is 294 g/mol. The Morgan fingerprint density at radius 2 is 2.14 bits per heavy atom. The molecule has 21 heavy (non-hydrogen) atoms. The number of rotatable bonds is 5. The van der Waals surface area contributed by atoms with E-state index in [-0.39, 0.29) is 30.2 Å². The molecule has 1 aliphatic heterocycles. The van der Waals surface area contributed by atoms with Gasteiger partial charge in [-0.2, -0.15) is 5.10 Å². The monoisotopic (exact) mass is 294 g/mol. The highest BCUT2D eigenvalue weighted by molar-refractivity contribution is 5.75. The lowest BCUT2D eigenvalue weighted by Crippen LogP contribution is -2.37. The molecule has 1 aromatic rings. The van der Waals surface area contributed by atoms with Crippen molar-refractivity contribution >= 4 is 5.91 Å². The second-order valence-corrected chi connectivity index (χ2v) is 6.25. The Balaban J connectivity index is 1.62. The Bertz CT molecular complexity index is 586. The summed E-state index contributed by atoms with van der Waals surface area (Å²) in [7, 11) is 0. The van der Waals surface area contributed by atoms with E-state index in [0.29, 0.717) is 13.1 Å². The van der Waals surface area contributed by atoms with Gasteiger partial charge in [0, 0.05) is 24.9 Å². The van der Waals surface area contributed by atoms with Crippen LogP contribution in [0.2, 0.25) is 0 Å². The van der Waals surface area contributed by atoms with E-state index in [0.717, 1.165) is 44.3 Å². The molecule has 1 saturated carbocycles. The fraction of sp³-hybridized carbons (Fsp3) is 0.786. The molecule has 1 aliphatic carbocycles. The van der Waals surface area contributed by atoms with E-state index in [1.165, 1.54) is 4.68 Å². The molecule has 0 unspecified atom stereocenters. The van der Waals surface area contributed by atoms with Gasteiger partial charge >= 0.3 is 5.69 Å². The van der Waals surface area contributed by atoms with Gasteiger partial charge in [-0.05, 0) is 25.7 Å². The fourth-order valence-electron chi connectivity index (χ4n) is 2.77. The molecule has 7 heteroatoms. The molecular weight excluding hydrogens is 272 g/mol. The first-order chi connectivity index (χ1) is 10.1. The number of nitrogens with zero attached hydrogens (tertiary/aromatic N) is 3. The summed E-state index contributed by atoms with van der Waals surface area (Å²) in [5, 5.41) is 16.3. The number of hydrogen-bond acceptors (Lipinski definition) is 4. The molecule has 3 rings (SSSR count). The number of carbonyl (C=O) groups is 1. The highest BCUT2D eigenvalue weighted by Crippen LogP contribution is 2.44. The van der Waals surface area contributed by atoms with E-state index in [2.05, 4.69) is 10.4 Å². The molecule has 7 nitrogen and oxygen atoms in total. The molecule has 116 valence electrons. The topological polar surface area (TPSA) is 89.2 Å². The first-order valence-electron chi connectivity index (χ1n) is 7.68. The Hall–Kier alpha value is -1.63. The number of aromatic nitrogens is 3. The van der Waals surface area contributed by atoms with Crippen molar-refractivity contribution in [3.63, 3.8) is 0 Å². The van der Waals surface area contributed by atoms with Crippen LogP contribution in [0.5, 0.6) is 0 Å². The lowest BCUT2D eigenvalue weighted by atomic mass is 10.1. The van der Waals surface area contributed by atoms with Crippen LogP contribution in [-0.4, -0.2) is 38.5 Å². The largest absolute Gasteiger partial charge is 0.396 e. The SMILES string of the molecule is O=C(Cn1nc2n(c1=O)CCCCC2)NCC1(CO)CC1. The van der Waals surface area contributed by atoms with Crippen molar-refractivity contribution in [1.29, 1.82) is 0 Å². The van der Waals surface area contributed by atoms with E-state index in [9.17, 15) is 14.7 Å². The molecule has 2 N–H and O–H groups in total. The van der Waals surface area contributed by atoms with Crippen LogP contribution in [-0.2, 0) is 24.3 Å². The first-order valence-corrected chi connectivity index (χ1v) is 7.68. The summed E-state index contributed by atoms with van der Waals surface area (Å²) >= 11 is 0. The molecule has 0 spiro atoms. The van der Waals surface area contributed by atoms with Crippen LogP contribution in [0.3, 0.4) is 0 Å². The van der Waals surface area contributed by atoms with Crippen molar-refractivity contribution in [3.05, 3.63) is 16.3 Å². The second kappa shape index (κ2) is 5.63. The Labute approximate surface area is 123 Å². The number of aliphatic hydroxyl groups excluding tert-OH is 1. The Kier molecular flexibility index (Phi) is 3.84. The summed E-state index contributed by atoms with van der Waals surface area (Å²) in [4.78, 5) is 24.1. The predicted octanol–water partition coefficient (Wildman–Crippen LogP) is -0.340. The van der Waals surface area contributed by atoms with Crippen LogP contribution in [0.1, 0.15) is 37.9 Å². The quantitative estimate of drug-likeness (QED) is 0.777. The number of aliphatic hydroxyl groups is 1. The molecule has 1 amide bonds. The van der Waals surface area contributed by atoms with Crippen molar-refractivity contribution in [2.75, 3.05) is 13.2 Å². The maximum absolute atomic E-state index is 12.2. The van der Waals surface area contributed by atoms with Gasteiger partial charge in [0.1, 0.15) is 12.4 Å². The van der Waals surface area contributed by atoms with E-state index >= 15 is 0 Å². The third-order valence-electron chi connectivity index (χ3n) is 4.53. The average Bonchev–Trinajstić information content (AvgIpc) is 3.24. The first kappa shape index (κ1) is 14.3. The summed E-state index contributed by atoms with van der Waals surface area (Å²) in [6, 6.07) is 0. The van der Waals surface area contributed by atoms with Crippen LogP contribution in [0, 0.1) is 5.41 Å².